The molecule has 9 heavy (non-hydrogen) atoms. The van der Waals surface area contributed by atoms with Crippen LogP contribution in [-0.4, -0.2) is 25.2 Å². The Balaban J connectivity index is 4.11. The minimum absolute atomic E-state index is 1.06. The van der Waals surface area contributed by atoms with Crippen molar-refractivity contribution in [3.8, 4) is 0 Å². The Kier molecular flexibility index (Phi) is 3.36. The molecule has 56 valence electrons. The van der Waals surface area contributed by atoms with Crippen LogP contribution in [0.1, 0.15) is 6.92 Å². The van der Waals surface area contributed by atoms with Gasteiger partial charge in [0.1, 0.15) is 0 Å². The van der Waals surface area contributed by atoms with Gasteiger partial charge in [0.15, 0.2) is 5.85 Å². The van der Waals surface area contributed by atoms with Crippen LogP contribution < -0.4 is 0 Å². The Hall–Kier alpha value is 0.110. The van der Waals surface area contributed by atoms with Crippen molar-refractivity contribution in [3.05, 3.63) is 0 Å². The summed E-state index contributed by atoms with van der Waals surface area (Å²) in [5.41, 5.74) is 0. The van der Waals surface area contributed by atoms with Crippen LogP contribution in [0.15, 0.2) is 0 Å². The Morgan fingerprint density at radius 2 is 1.78 bits per heavy atom. The van der Waals surface area contributed by atoms with Gasteiger partial charge >= 0.3 is 7.60 Å². The fourth-order valence-corrected chi connectivity index (χ4v) is 1.14. The summed E-state index contributed by atoms with van der Waals surface area (Å²) in [4.78, 5) is 0. The lowest BCUT2D eigenvalue weighted by Crippen LogP contribution is -2.04. The molecule has 0 bridgehead atoms. The summed E-state index contributed by atoms with van der Waals surface area (Å²) < 4.78 is 19.8. The van der Waals surface area contributed by atoms with Crippen molar-refractivity contribution in [1.82, 2.24) is 0 Å². The summed E-state index contributed by atoms with van der Waals surface area (Å²) >= 11 is 0. The highest BCUT2D eigenvalue weighted by atomic mass is 31.2. The van der Waals surface area contributed by atoms with Crippen LogP contribution in [-0.2, 0) is 13.6 Å². The molecule has 0 spiro atoms. The van der Waals surface area contributed by atoms with Gasteiger partial charge in [-0.3, -0.25) is 4.57 Å². The van der Waals surface area contributed by atoms with E-state index in [1.165, 1.54) is 21.1 Å². The van der Waals surface area contributed by atoms with E-state index in [0.29, 0.717) is 0 Å². The summed E-state index contributed by atoms with van der Waals surface area (Å²) in [6.45, 7) is 1.35. The van der Waals surface area contributed by atoms with E-state index < -0.39 is 13.4 Å². The molecule has 0 aromatic carbocycles. The zero-order valence-electron chi connectivity index (χ0n) is 5.70. The lowest BCUT2D eigenvalue weighted by Gasteiger charge is -2.15. The second-order valence-electron chi connectivity index (χ2n) is 1.54. The molecule has 0 heterocycles. The summed E-state index contributed by atoms with van der Waals surface area (Å²) in [5, 5.41) is 8.76. The van der Waals surface area contributed by atoms with E-state index in [9.17, 15) is 4.57 Å². The zero-order valence-corrected chi connectivity index (χ0v) is 6.59. The number of aliphatic hydroxyl groups is 1. The molecule has 0 aromatic heterocycles. The number of rotatable bonds is 3. The van der Waals surface area contributed by atoms with E-state index in [1.54, 1.807) is 0 Å². The first kappa shape index (κ1) is 9.11. The second kappa shape index (κ2) is 3.32. The van der Waals surface area contributed by atoms with Gasteiger partial charge in [-0.1, -0.05) is 0 Å². The number of hydrogen-bond acceptors (Lipinski definition) is 4. The molecule has 0 fully saturated rings. The van der Waals surface area contributed by atoms with Crippen LogP contribution in [0, 0.1) is 0 Å². The average Bonchev–Trinajstić information content (AvgIpc) is 1.86. The maximum atomic E-state index is 11.0. The van der Waals surface area contributed by atoms with Crippen molar-refractivity contribution in [2.24, 2.45) is 0 Å². The van der Waals surface area contributed by atoms with Crippen molar-refractivity contribution in [2.45, 2.75) is 12.8 Å². The molecule has 0 amide bonds. The third-order valence-electron chi connectivity index (χ3n) is 0.967. The molecule has 0 aliphatic heterocycles. The van der Waals surface area contributed by atoms with Crippen LogP contribution in [0.4, 0.5) is 0 Å². The molecule has 0 unspecified atom stereocenters. The van der Waals surface area contributed by atoms with Gasteiger partial charge in [-0.15, -0.1) is 0 Å². The fourth-order valence-electron chi connectivity index (χ4n) is 0.380. The first-order valence-corrected chi connectivity index (χ1v) is 4.07. The molecule has 0 saturated heterocycles. The molecule has 0 aliphatic carbocycles. The zero-order chi connectivity index (χ0) is 7.49. The standard InChI is InChI=1S/C4H11O4P/c1-4(5)9(6,7-2)8-3/h4-5H,1-3H3/t4-/m0/s1. The Bertz CT molecular complexity index is 114. The highest BCUT2D eigenvalue weighted by molar-refractivity contribution is 7.54. The maximum Gasteiger partial charge on any atom is 0.358 e. The van der Waals surface area contributed by atoms with Crippen molar-refractivity contribution in [3.63, 3.8) is 0 Å². The van der Waals surface area contributed by atoms with Gasteiger partial charge < -0.3 is 14.2 Å². The van der Waals surface area contributed by atoms with Crippen LogP contribution in [0.5, 0.6) is 0 Å². The van der Waals surface area contributed by atoms with E-state index in [0.717, 1.165) is 0 Å². The van der Waals surface area contributed by atoms with Crippen LogP contribution >= 0.6 is 7.60 Å². The predicted molar refractivity (Wildman–Crippen MR) is 33.3 cm³/mol. The van der Waals surface area contributed by atoms with Crippen molar-refractivity contribution in [1.29, 1.82) is 0 Å². The smallest absolute Gasteiger partial charge is 0.358 e. The van der Waals surface area contributed by atoms with Gasteiger partial charge in [0, 0.05) is 14.2 Å². The Morgan fingerprint density at radius 1 is 1.44 bits per heavy atom. The molecule has 5 heteroatoms. The highest BCUT2D eigenvalue weighted by Crippen LogP contribution is 2.49. The monoisotopic (exact) mass is 154 g/mol. The number of hydrogen-bond donors (Lipinski definition) is 1. The van der Waals surface area contributed by atoms with Crippen molar-refractivity contribution in [2.75, 3.05) is 14.2 Å². The largest absolute Gasteiger partial charge is 0.381 e. The molecule has 0 saturated carbocycles. The summed E-state index contributed by atoms with van der Waals surface area (Å²) in [7, 11) is -0.731. The first-order chi connectivity index (χ1) is 4.06. The molecular formula is C4H11O4P. The van der Waals surface area contributed by atoms with Gasteiger partial charge in [-0.25, -0.2) is 0 Å². The van der Waals surface area contributed by atoms with E-state index in [-0.39, 0.29) is 0 Å². The van der Waals surface area contributed by atoms with E-state index in [2.05, 4.69) is 9.05 Å². The van der Waals surface area contributed by atoms with Gasteiger partial charge in [0.05, 0.1) is 0 Å². The third kappa shape index (κ3) is 2.06. The number of aliphatic hydroxyl groups excluding tert-OH is 1. The van der Waals surface area contributed by atoms with Crippen LogP contribution in [0.3, 0.4) is 0 Å². The molecule has 0 radical (unpaired) electrons. The Labute approximate surface area is 54.3 Å². The topological polar surface area (TPSA) is 55.8 Å². The molecule has 4 nitrogen and oxygen atoms in total. The molecule has 0 aromatic rings. The van der Waals surface area contributed by atoms with Gasteiger partial charge in [-0.2, -0.15) is 0 Å². The van der Waals surface area contributed by atoms with E-state index in [1.807, 2.05) is 0 Å². The summed E-state index contributed by atoms with van der Waals surface area (Å²) in [6.07, 6.45) is 0. The predicted octanol–water partition coefficient (Wildman–Crippen LogP) is 0.811. The quantitative estimate of drug-likeness (QED) is 0.611. The molecular weight excluding hydrogens is 143 g/mol. The van der Waals surface area contributed by atoms with Crippen LogP contribution in [0.2, 0.25) is 0 Å². The normalized spacial score (nSPS) is 15.6. The van der Waals surface area contributed by atoms with Gasteiger partial charge in [0.2, 0.25) is 0 Å². The second-order valence-corrected chi connectivity index (χ2v) is 4.09. The molecule has 0 aliphatic rings. The molecule has 1 N–H and O–H groups in total. The molecule has 1 atom stereocenters. The van der Waals surface area contributed by atoms with Gasteiger partial charge in [-0.05, 0) is 6.92 Å². The lowest BCUT2D eigenvalue weighted by molar-refractivity contribution is 0.185. The minimum atomic E-state index is -3.20. The Morgan fingerprint density at radius 3 is 1.78 bits per heavy atom. The minimum Gasteiger partial charge on any atom is -0.381 e. The first-order valence-electron chi connectivity index (χ1n) is 2.46. The third-order valence-corrected chi connectivity index (χ3v) is 2.90. The molecule has 0 rings (SSSR count). The SMILES string of the molecule is COP(=O)(OC)[C@@H](C)O. The van der Waals surface area contributed by atoms with Crippen molar-refractivity contribution < 1.29 is 18.7 Å². The summed E-state index contributed by atoms with van der Waals surface area (Å²) in [5.74, 6) is -1.06. The maximum absolute atomic E-state index is 11.0. The van der Waals surface area contributed by atoms with Crippen LogP contribution in [0.25, 0.3) is 0 Å². The summed E-state index contributed by atoms with van der Waals surface area (Å²) in [6, 6.07) is 0. The van der Waals surface area contributed by atoms with Gasteiger partial charge in [0.25, 0.3) is 0 Å². The van der Waals surface area contributed by atoms with Crippen molar-refractivity contribution >= 4 is 7.60 Å². The fraction of sp³-hybridized carbons (Fsp3) is 1.00. The van der Waals surface area contributed by atoms with E-state index in [4.69, 9.17) is 5.11 Å². The van der Waals surface area contributed by atoms with E-state index >= 15 is 0 Å². The highest BCUT2D eigenvalue weighted by Gasteiger charge is 2.27. The lowest BCUT2D eigenvalue weighted by atomic mass is 10.9. The average molecular weight is 154 g/mol.